The first-order valence-corrected chi connectivity index (χ1v) is 9.65. The van der Waals surface area contributed by atoms with Gasteiger partial charge in [-0.1, -0.05) is 24.3 Å². The van der Waals surface area contributed by atoms with Crippen molar-refractivity contribution < 1.29 is 13.9 Å². The largest absolute Gasteiger partial charge is 0.447 e. The van der Waals surface area contributed by atoms with Gasteiger partial charge in [0.1, 0.15) is 6.26 Å². The molecule has 0 radical (unpaired) electrons. The van der Waals surface area contributed by atoms with Crippen molar-refractivity contribution in [1.82, 2.24) is 15.2 Å². The summed E-state index contributed by atoms with van der Waals surface area (Å²) in [5.74, 6) is 0.343. The van der Waals surface area contributed by atoms with Crippen LogP contribution in [0, 0.1) is 6.92 Å². The van der Waals surface area contributed by atoms with Crippen LogP contribution in [0.1, 0.15) is 54.2 Å². The van der Waals surface area contributed by atoms with Gasteiger partial charge in [0, 0.05) is 25.7 Å². The van der Waals surface area contributed by atoms with Gasteiger partial charge < -0.3 is 14.5 Å². The zero-order valence-corrected chi connectivity index (χ0v) is 16.4. The Morgan fingerprint density at radius 2 is 2.15 bits per heavy atom. The zero-order chi connectivity index (χ0) is 19.2. The number of nitrogens with one attached hydrogen (secondary N) is 1. The zero-order valence-electron chi connectivity index (χ0n) is 16.4. The molecule has 1 aliphatic heterocycles. The Bertz CT molecular complexity index is 751. The van der Waals surface area contributed by atoms with Gasteiger partial charge in [-0.3, -0.25) is 9.69 Å². The normalized spacial score (nSPS) is 17.0. The molecule has 0 saturated carbocycles. The van der Waals surface area contributed by atoms with Gasteiger partial charge in [0.15, 0.2) is 5.69 Å². The fourth-order valence-electron chi connectivity index (χ4n) is 3.19. The molecule has 1 unspecified atom stereocenters. The third-order valence-corrected chi connectivity index (χ3v) is 5.00. The molecular weight excluding hydrogens is 342 g/mol. The minimum atomic E-state index is -0.212. The molecule has 0 bridgehead atoms. The molecule has 2 heterocycles. The molecule has 1 aliphatic rings. The number of ether oxygens (including phenoxy) is 1. The highest BCUT2D eigenvalue weighted by Gasteiger charge is 2.20. The smallest absolute Gasteiger partial charge is 0.273 e. The second-order valence-electron chi connectivity index (χ2n) is 7.40. The summed E-state index contributed by atoms with van der Waals surface area (Å²) in [6.45, 7) is 9.09. The number of amides is 1. The number of benzene rings is 1. The Balaban J connectivity index is 1.58. The van der Waals surface area contributed by atoms with E-state index >= 15 is 0 Å². The number of aromatic nitrogens is 1. The van der Waals surface area contributed by atoms with Crippen LogP contribution in [-0.2, 0) is 17.8 Å². The van der Waals surface area contributed by atoms with Gasteiger partial charge in [-0.25, -0.2) is 4.98 Å². The van der Waals surface area contributed by atoms with Gasteiger partial charge in [-0.2, -0.15) is 0 Å². The van der Waals surface area contributed by atoms with E-state index in [1.165, 1.54) is 17.4 Å². The van der Waals surface area contributed by atoms with Gasteiger partial charge in [-0.05, 0) is 44.7 Å². The third kappa shape index (κ3) is 5.40. The lowest BCUT2D eigenvalue weighted by Crippen LogP contribution is -2.32. The van der Waals surface area contributed by atoms with Crippen LogP contribution in [0.25, 0.3) is 0 Å². The lowest BCUT2D eigenvalue weighted by atomic mass is 10.1. The maximum atomic E-state index is 12.3. The second-order valence-corrected chi connectivity index (χ2v) is 7.40. The minimum absolute atomic E-state index is 0.117. The van der Waals surface area contributed by atoms with Crippen molar-refractivity contribution in [3.8, 4) is 0 Å². The minimum Gasteiger partial charge on any atom is -0.447 e. The molecule has 0 aliphatic carbocycles. The molecule has 1 N–H and O–H groups in total. The van der Waals surface area contributed by atoms with Crippen molar-refractivity contribution in [3.63, 3.8) is 0 Å². The number of hydrogen-bond acceptors (Lipinski definition) is 5. The van der Waals surface area contributed by atoms with E-state index in [1.54, 1.807) is 0 Å². The molecule has 1 aromatic carbocycles. The van der Waals surface area contributed by atoms with Gasteiger partial charge in [0.2, 0.25) is 5.89 Å². The average Bonchev–Trinajstić information content (AvgIpc) is 3.32. The van der Waals surface area contributed by atoms with E-state index in [4.69, 9.17) is 9.15 Å². The molecule has 1 atom stereocenters. The molecular formula is C21H29N3O3. The van der Waals surface area contributed by atoms with E-state index in [9.17, 15) is 4.79 Å². The highest BCUT2D eigenvalue weighted by atomic mass is 16.5. The number of nitrogens with zero attached hydrogens (tertiary/aromatic N) is 2. The third-order valence-electron chi connectivity index (χ3n) is 5.00. The van der Waals surface area contributed by atoms with E-state index in [0.717, 1.165) is 26.0 Å². The highest BCUT2D eigenvalue weighted by molar-refractivity contribution is 5.91. The number of hydrogen-bond donors (Lipinski definition) is 1. The predicted molar refractivity (Wildman–Crippen MR) is 103 cm³/mol. The van der Waals surface area contributed by atoms with Crippen LogP contribution in [-0.4, -0.2) is 41.1 Å². The Hall–Kier alpha value is -2.18. The monoisotopic (exact) mass is 371 g/mol. The highest BCUT2D eigenvalue weighted by Crippen LogP contribution is 2.16. The first kappa shape index (κ1) is 19.6. The Kier molecular flexibility index (Phi) is 6.63. The van der Waals surface area contributed by atoms with Crippen LogP contribution in [0.4, 0.5) is 0 Å². The van der Waals surface area contributed by atoms with E-state index < -0.39 is 0 Å². The van der Waals surface area contributed by atoms with Crippen LogP contribution in [0.3, 0.4) is 0 Å². The molecule has 1 aromatic heterocycles. The van der Waals surface area contributed by atoms with Crippen LogP contribution in [0.5, 0.6) is 0 Å². The van der Waals surface area contributed by atoms with Crippen molar-refractivity contribution in [2.45, 2.75) is 58.8 Å². The first-order valence-electron chi connectivity index (χ1n) is 9.65. The molecule has 1 amide bonds. The number of aryl methyl sites for hydroxylation is 1. The van der Waals surface area contributed by atoms with E-state index in [0.29, 0.717) is 30.7 Å². The molecule has 6 heteroatoms. The molecule has 0 spiro atoms. The van der Waals surface area contributed by atoms with Crippen LogP contribution < -0.4 is 5.32 Å². The molecule has 6 nitrogen and oxygen atoms in total. The molecule has 1 saturated heterocycles. The summed E-state index contributed by atoms with van der Waals surface area (Å²) in [5.41, 5.74) is 2.87. The second kappa shape index (κ2) is 9.15. The predicted octanol–water partition coefficient (Wildman–Crippen LogP) is 3.30. The fourth-order valence-corrected chi connectivity index (χ4v) is 3.19. The average molecular weight is 371 g/mol. The quantitative estimate of drug-likeness (QED) is 0.771. The summed E-state index contributed by atoms with van der Waals surface area (Å²) in [7, 11) is 0. The number of carbonyl (C=O) groups excluding carboxylic acids is 1. The molecule has 27 heavy (non-hydrogen) atoms. The standard InChI is InChI=1S/C21H29N3O3/c1-15(2)24(12-17-8-5-4-7-16(17)3)13-20-23-19(14-27-20)21(25)22-11-18-9-6-10-26-18/h4-5,7-8,14-15,18H,6,9-13H2,1-3H3,(H,22,25). The first-order chi connectivity index (χ1) is 13.0. The Morgan fingerprint density at radius 3 is 2.85 bits per heavy atom. The maximum absolute atomic E-state index is 12.3. The van der Waals surface area contributed by atoms with Crippen molar-refractivity contribution in [1.29, 1.82) is 0 Å². The van der Waals surface area contributed by atoms with Crippen LogP contribution in [0.2, 0.25) is 0 Å². The fraction of sp³-hybridized carbons (Fsp3) is 0.524. The number of rotatable bonds is 8. The lowest BCUT2D eigenvalue weighted by molar-refractivity contribution is 0.0853. The van der Waals surface area contributed by atoms with Crippen LogP contribution in [0.15, 0.2) is 34.9 Å². The topological polar surface area (TPSA) is 67.6 Å². The van der Waals surface area contributed by atoms with Gasteiger partial charge >= 0.3 is 0 Å². The summed E-state index contributed by atoms with van der Waals surface area (Å²) in [5, 5.41) is 2.88. The van der Waals surface area contributed by atoms with Gasteiger partial charge in [0.05, 0.1) is 12.6 Å². The summed E-state index contributed by atoms with van der Waals surface area (Å²) in [4.78, 5) is 18.9. The Morgan fingerprint density at radius 1 is 1.33 bits per heavy atom. The van der Waals surface area contributed by atoms with E-state index in [1.807, 2.05) is 6.07 Å². The van der Waals surface area contributed by atoms with Crippen molar-refractivity contribution in [2.75, 3.05) is 13.2 Å². The maximum Gasteiger partial charge on any atom is 0.273 e. The van der Waals surface area contributed by atoms with E-state index in [2.05, 4.69) is 54.2 Å². The van der Waals surface area contributed by atoms with Crippen LogP contribution >= 0.6 is 0 Å². The Labute approximate surface area is 160 Å². The van der Waals surface area contributed by atoms with Gasteiger partial charge in [0.25, 0.3) is 5.91 Å². The van der Waals surface area contributed by atoms with Gasteiger partial charge in [-0.15, -0.1) is 0 Å². The van der Waals surface area contributed by atoms with E-state index in [-0.39, 0.29) is 12.0 Å². The SMILES string of the molecule is Cc1ccccc1CN(Cc1nc(C(=O)NCC2CCCO2)co1)C(C)C. The molecule has 3 rings (SSSR count). The number of carbonyl (C=O) groups is 1. The van der Waals surface area contributed by atoms with Crippen molar-refractivity contribution in [2.24, 2.45) is 0 Å². The summed E-state index contributed by atoms with van der Waals surface area (Å²) < 4.78 is 11.1. The number of oxazole rings is 1. The van der Waals surface area contributed by atoms with Crippen molar-refractivity contribution in [3.05, 3.63) is 53.2 Å². The summed E-state index contributed by atoms with van der Waals surface area (Å²) >= 11 is 0. The summed E-state index contributed by atoms with van der Waals surface area (Å²) in [6.07, 6.45) is 3.60. The summed E-state index contributed by atoms with van der Waals surface area (Å²) in [6, 6.07) is 8.70. The molecule has 146 valence electrons. The van der Waals surface area contributed by atoms with Crippen molar-refractivity contribution >= 4 is 5.91 Å². The molecule has 1 fully saturated rings. The molecule has 2 aromatic rings. The lowest BCUT2D eigenvalue weighted by Gasteiger charge is -2.25.